The Labute approximate surface area is 155 Å². The summed E-state index contributed by atoms with van der Waals surface area (Å²) in [6.45, 7) is 9.39. The highest BCUT2D eigenvalue weighted by Crippen LogP contribution is 2.27. The average molecular weight is 353 g/mol. The van der Waals surface area contributed by atoms with E-state index in [0.717, 1.165) is 49.0 Å². The minimum atomic E-state index is 0.350. The average Bonchev–Trinajstić information content (AvgIpc) is 3.03. The number of fused-ring (bicyclic) bond motifs is 1. The molecular weight excluding hydrogens is 326 g/mol. The van der Waals surface area contributed by atoms with Crippen LogP contribution < -0.4 is 5.32 Å². The lowest BCUT2D eigenvalue weighted by atomic mass is 10.0. The predicted molar refractivity (Wildman–Crippen MR) is 102 cm³/mol. The van der Waals surface area contributed by atoms with Crippen molar-refractivity contribution in [2.24, 2.45) is 5.92 Å². The van der Waals surface area contributed by atoms with Gasteiger partial charge in [-0.15, -0.1) is 0 Å². The second-order valence-corrected chi connectivity index (χ2v) is 7.76. The summed E-state index contributed by atoms with van der Waals surface area (Å²) in [6, 6.07) is 6.83. The molecule has 2 aromatic rings. The van der Waals surface area contributed by atoms with Crippen molar-refractivity contribution in [3.63, 3.8) is 0 Å². The fourth-order valence-corrected chi connectivity index (χ4v) is 3.88. The van der Waals surface area contributed by atoms with Crippen LogP contribution in [0.1, 0.15) is 26.0 Å². The zero-order valence-corrected chi connectivity index (χ0v) is 15.7. The van der Waals surface area contributed by atoms with Gasteiger partial charge >= 0.3 is 0 Å². The van der Waals surface area contributed by atoms with Gasteiger partial charge in [0.05, 0.1) is 12.7 Å². The number of hydrogen-bond donors (Lipinski definition) is 1. The zero-order valence-electron chi connectivity index (χ0n) is 15.7. The summed E-state index contributed by atoms with van der Waals surface area (Å²) in [7, 11) is 0. The van der Waals surface area contributed by atoms with Crippen LogP contribution in [0.4, 0.5) is 5.82 Å². The molecule has 138 valence electrons. The highest BCUT2D eigenvalue weighted by Gasteiger charge is 2.38. The van der Waals surface area contributed by atoms with E-state index in [4.69, 9.17) is 9.72 Å². The maximum Gasteiger partial charge on any atom is 0.163 e. The molecule has 6 nitrogen and oxygen atoms in total. The smallest absolute Gasteiger partial charge is 0.163 e. The molecule has 0 aromatic carbocycles. The van der Waals surface area contributed by atoms with Crippen LogP contribution in [0.2, 0.25) is 0 Å². The number of hydrogen-bond acceptors (Lipinski definition) is 6. The quantitative estimate of drug-likeness (QED) is 0.912. The number of nitrogens with zero attached hydrogens (tertiary/aromatic N) is 4. The first-order valence-corrected chi connectivity index (χ1v) is 9.47. The molecule has 1 N–H and O–H groups in total. The molecule has 0 saturated carbocycles. The van der Waals surface area contributed by atoms with Crippen molar-refractivity contribution in [1.82, 2.24) is 19.9 Å². The topological polar surface area (TPSA) is 63.2 Å². The summed E-state index contributed by atoms with van der Waals surface area (Å²) in [5.41, 5.74) is 1.90. The first-order chi connectivity index (χ1) is 12.6. The monoisotopic (exact) mass is 353 g/mol. The standard InChI is InChI=1S/C20H27N5O/c1-13(2)18-11-25-10-16(8-17(25)12-26-18)23-19-7-14(3)22-20(24-19)15-5-4-6-21-9-15/h4-7,9,13,16-18H,8,10-12H2,1-3H3,(H,22,23,24)/t16-,17-,18-/m0/s1. The Kier molecular flexibility index (Phi) is 4.87. The summed E-state index contributed by atoms with van der Waals surface area (Å²) >= 11 is 0. The lowest BCUT2D eigenvalue weighted by molar-refractivity contribution is -0.0683. The number of ether oxygens (including phenoxy) is 1. The molecule has 4 heterocycles. The molecule has 4 rings (SSSR count). The van der Waals surface area contributed by atoms with Gasteiger partial charge in [-0.1, -0.05) is 13.8 Å². The number of pyridine rings is 1. The molecule has 0 bridgehead atoms. The molecule has 2 aliphatic rings. The van der Waals surface area contributed by atoms with Gasteiger partial charge in [0.15, 0.2) is 5.82 Å². The summed E-state index contributed by atoms with van der Waals surface area (Å²) in [5, 5.41) is 3.62. The van der Waals surface area contributed by atoms with Crippen LogP contribution in [-0.2, 0) is 4.74 Å². The van der Waals surface area contributed by atoms with Gasteiger partial charge < -0.3 is 10.1 Å². The Morgan fingerprint density at radius 1 is 1.27 bits per heavy atom. The Morgan fingerprint density at radius 2 is 2.15 bits per heavy atom. The first-order valence-electron chi connectivity index (χ1n) is 9.47. The molecule has 0 radical (unpaired) electrons. The minimum absolute atomic E-state index is 0.350. The molecule has 0 aliphatic carbocycles. The van der Waals surface area contributed by atoms with E-state index in [-0.39, 0.29) is 0 Å². The van der Waals surface area contributed by atoms with Crippen LogP contribution in [0.3, 0.4) is 0 Å². The van der Waals surface area contributed by atoms with E-state index >= 15 is 0 Å². The fraction of sp³-hybridized carbons (Fsp3) is 0.550. The van der Waals surface area contributed by atoms with Crippen LogP contribution in [0.5, 0.6) is 0 Å². The van der Waals surface area contributed by atoms with Gasteiger partial charge in [0.25, 0.3) is 0 Å². The Balaban J connectivity index is 1.46. The summed E-state index contributed by atoms with van der Waals surface area (Å²) in [4.78, 5) is 16.0. The van der Waals surface area contributed by atoms with E-state index in [0.29, 0.717) is 24.1 Å². The molecule has 6 heteroatoms. The molecule has 26 heavy (non-hydrogen) atoms. The second kappa shape index (κ2) is 7.29. The highest BCUT2D eigenvalue weighted by atomic mass is 16.5. The Hall–Kier alpha value is -2.05. The molecule has 0 unspecified atom stereocenters. The molecule has 2 saturated heterocycles. The largest absolute Gasteiger partial charge is 0.375 e. The van der Waals surface area contributed by atoms with Gasteiger partial charge in [-0.25, -0.2) is 9.97 Å². The van der Waals surface area contributed by atoms with Crippen molar-refractivity contribution in [3.8, 4) is 11.4 Å². The van der Waals surface area contributed by atoms with E-state index in [9.17, 15) is 0 Å². The fourth-order valence-electron chi connectivity index (χ4n) is 3.88. The van der Waals surface area contributed by atoms with Crippen molar-refractivity contribution >= 4 is 5.82 Å². The van der Waals surface area contributed by atoms with Crippen molar-refractivity contribution in [1.29, 1.82) is 0 Å². The number of rotatable bonds is 4. The third-order valence-electron chi connectivity index (χ3n) is 5.31. The van der Waals surface area contributed by atoms with Gasteiger partial charge in [-0.2, -0.15) is 0 Å². The molecule has 2 fully saturated rings. The van der Waals surface area contributed by atoms with Crippen molar-refractivity contribution in [3.05, 3.63) is 36.3 Å². The van der Waals surface area contributed by atoms with Crippen LogP contribution in [-0.4, -0.2) is 57.7 Å². The number of aromatic nitrogens is 3. The maximum atomic E-state index is 6.05. The van der Waals surface area contributed by atoms with Crippen LogP contribution >= 0.6 is 0 Å². The number of morpholine rings is 1. The van der Waals surface area contributed by atoms with Crippen LogP contribution in [0, 0.1) is 12.8 Å². The van der Waals surface area contributed by atoms with E-state index in [1.807, 2.05) is 25.1 Å². The number of aryl methyl sites for hydroxylation is 1. The van der Waals surface area contributed by atoms with E-state index in [1.54, 1.807) is 12.4 Å². The van der Waals surface area contributed by atoms with Gasteiger partial charge in [0.2, 0.25) is 0 Å². The molecule has 0 spiro atoms. The molecule has 3 atom stereocenters. The van der Waals surface area contributed by atoms with Crippen molar-refractivity contribution < 1.29 is 4.74 Å². The predicted octanol–water partition coefficient (Wildman–Crippen LogP) is 2.76. The number of nitrogens with one attached hydrogen (secondary N) is 1. The van der Waals surface area contributed by atoms with Gasteiger partial charge in [-0.05, 0) is 31.4 Å². The first kappa shape index (κ1) is 17.4. The van der Waals surface area contributed by atoms with Crippen molar-refractivity contribution in [2.45, 2.75) is 45.4 Å². The molecule has 2 aliphatic heterocycles. The van der Waals surface area contributed by atoms with Gasteiger partial charge in [0.1, 0.15) is 5.82 Å². The Morgan fingerprint density at radius 3 is 2.92 bits per heavy atom. The normalized spacial score (nSPS) is 26.1. The SMILES string of the molecule is Cc1cc(N[C@H]2C[C@H]3CO[C@H](C(C)C)CN3C2)nc(-c2cccnc2)n1. The zero-order chi connectivity index (χ0) is 18.1. The summed E-state index contributed by atoms with van der Waals surface area (Å²) < 4.78 is 6.05. The third kappa shape index (κ3) is 3.71. The molecule has 2 aromatic heterocycles. The second-order valence-electron chi connectivity index (χ2n) is 7.76. The summed E-state index contributed by atoms with van der Waals surface area (Å²) in [5.74, 6) is 2.18. The van der Waals surface area contributed by atoms with Crippen LogP contribution in [0.15, 0.2) is 30.6 Å². The highest BCUT2D eigenvalue weighted by molar-refractivity contribution is 5.56. The third-order valence-corrected chi connectivity index (χ3v) is 5.31. The van der Waals surface area contributed by atoms with Crippen LogP contribution in [0.25, 0.3) is 11.4 Å². The number of anilines is 1. The summed E-state index contributed by atoms with van der Waals surface area (Å²) in [6.07, 6.45) is 5.01. The minimum Gasteiger partial charge on any atom is -0.375 e. The lowest BCUT2D eigenvalue weighted by Gasteiger charge is -2.36. The molecular formula is C20H27N5O. The molecule has 0 amide bonds. The van der Waals surface area contributed by atoms with E-state index < -0.39 is 0 Å². The van der Waals surface area contributed by atoms with E-state index in [1.165, 1.54) is 0 Å². The maximum absolute atomic E-state index is 6.05. The van der Waals surface area contributed by atoms with Crippen molar-refractivity contribution in [2.75, 3.05) is 25.0 Å². The lowest BCUT2D eigenvalue weighted by Crippen LogP contribution is -2.48. The van der Waals surface area contributed by atoms with E-state index in [2.05, 4.69) is 34.0 Å². The van der Waals surface area contributed by atoms with Gasteiger partial charge in [-0.3, -0.25) is 9.88 Å². The van der Waals surface area contributed by atoms with Gasteiger partial charge in [0, 0.05) is 54.9 Å². The Bertz CT molecular complexity index is 751.